The summed E-state index contributed by atoms with van der Waals surface area (Å²) in [5.74, 6) is 0.867. The largest absolute Gasteiger partial charge is 0.310 e. The Balaban J connectivity index is 2.70. The van der Waals surface area contributed by atoms with Gasteiger partial charge in [0.15, 0.2) is 0 Å². The van der Waals surface area contributed by atoms with E-state index in [2.05, 4.69) is 46.0 Å². The fourth-order valence-corrected chi connectivity index (χ4v) is 3.77. The predicted molar refractivity (Wildman–Crippen MR) is 88.1 cm³/mol. The summed E-state index contributed by atoms with van der Waals surface area (Å²) in [5.41, 5.74) is 1.45. The quantitative estimate of drug-likeness (QED) is 0.619. The van der Waals surface area contributed by atoms with Crippen molar-refractivity contribution in [2.75, 3.05) is 6.54 Å². The smallest absolute Gasteiger partial charge is 0.0417 e. The van der Waals surface area contributed by atoms with Crippen LogP contribution in [0.15, 0.2) is 6.07 Å². The summed E-state index contributed by atoms with van der Waals surface area (Å²) in [7, 11) is 0. The second-order valence-electron chi connectivity index (χ2n) is 5.65. The van der Waals surface area contributed by atoms with Crippen molar-refractivity contribution in [2.45, 2.75) is 72.8 Å². The van der Waals surface area contributed by atoms with Gasteiger partial charge in [0, 0.05) is 15.8 Å². The van der Waals surface area contributed by atoms with E-state index in [4.69, 9.17) is 0 Å². The monoisotopic (exact) mass is 281 g/mol. The molecule has 1 N–H and O–H groups in total. The van der Waals surface area contributed by atoms with Crippen molar-refractivity contribution < 1.29 is 0 Å². The molecule has 0 amide bonds. The highest BCUT2D eigenvalue weighted by molar-refractivity contribution is 7.12. The minimum Gasteiger partial charge on any atom is -0.310 e. The molecular formula is C17H31NS. The molecule has 0 radical (unpaired) electrons. The van der Waals surface area contributed by atoms with Crippen LogP contribution in [0.5, 0.6) is 0 Å². The van der Waals surface area contributed by atoms with Gasteiger partial charge >= 0.3 is 0 Å². The number of nitrogens with one attached hydrogen (secondary N) is 1. The van der Waals surface area contributed by atoms with Crippen LogP contribution in [0.25, 0.3) is 0 Å². The van der Waals surface area contributed by atoms with Crippen LogP contribution >= 0.6 is 11.3 Å². The summed E-state index contributed by atoms with van der Waals surface area (Å²) in [4.78, 5) is 3.01. The van der Waals surface area contributed by atoms with Gasteiger partial charge in [-0.05, 0) is 44.4 Å². The van der Waals surface area contributed by atoms with Gasteiger partial charge in [0.1, 0.15) is 0 Å². The summed E-state index contributed by atoms with van der Waals surface area (Å²) in [6.07, 6.45) is 6.69. The number of rotatable bonds is 9. The zero-order valence-electron chi connectivity index (χ0n) is 13.4. The summed E-state index contributed by atoms with van der Waals surface area (Å²) >= 11 is 1.98. The number of hydrogen-bond acceptors (Lipinski definition) is 2. The van der Waals surface area contributed by atoms with E-state index in [1.807, 2.05) is 11.3 Å². The van der Waals surface area contributed by atoms with Gasteiger partial charge in [-0.3, -0.25) is 0 Å². The second kappa shape index (κ2) is 8.76. The summed E-state index contributed by atoms with van der Waals surface area (Å²) in [6, 6.07) is 2.95. The Bertz CT molecular complexity index is 337. The Morgan fingerprint density at radius 1 is 1.21 bits per heavy atom. The Kier molecular flexibility index (Phi) is 7.70. The molecule has 19 heavy (non-hydrogen) atoms. The van der Waals surface area contributed by atoms with E-state index >= 15 is 0 Å². The first-order chi connectivity index (χ1) is 9.12. The van der Waals surface area contributed by atoms with Gasteiger partial charge in [-0.15, -0.1) is 11.3 Å². The molecule has 1 nitrogen and oxygen atoms in total. The van der Waals surface area contributed by atoms with Gasteiger partial charge in [-0.2, -0.15) is 0 Å². The average molecular weight is 282 g/mol. The molecule has 1 rings (SSSR count). The standard InChI is InChI=1S/C17H31NS/c1-6-9-10-15(7-2)12-16(18-8-3)17-11-13(4)14(5)19-17/h11,15-16,18H,6-10,12H2,1-5H3. The first-order valence-corrected chi connectivity index (χ1v) is 8.74. The highest BCUT2D eigenvalue weighted by Gasteiger charge is 2.18. The molecule has 0 aliphatic rings. The third-order valence-corrected chi connectivity index (χ3v) is 5.36. The molecule has 1 heterocycles. The van der Waals surface area contributed by atoms with Crippen LogP contribution in [-0.2, 0) is 0 Å². The minimum atomic E-state index is 0.559. The molecule has 0 aliphatic heterocycles. The lowest BCUT2D eigenvalue weighted by Gasteiger charge is -2.22. The first-order valence-electron chi connectivity index (χ1n) is 7.92. The minimum absolute atomic E-state index is 0.559. The number of aryl methyl sites for hydroxylation is 2. The second-order valence-corrected chi connectivity index (χ2v) is 6.94. The molecule has 0 aromatic carbocycles. The lowest BCUT2D eigenvalue weighted by molar-refractivity contribution is 0.359. The van der Waals surface area contributed by atoms with Crippen molar-refractivity contribution in [3.8, 4) is 0 Å². The van der Waals surface area contributed by atoms with Crippen molar-refractivity contribution in [1.29, 1.82) is 0 Å². The Hall–Kier alpha value is -0.340. The molecule has 0 spiro atoms. The average Bonchev–Trinajstić information content (AvgIpc) is 2.73. The van der Waals surface area contributed by atoms with Crippen molar-refractivity contribution in [3.05, 3.63) is 21.4 Å². The molecule has 0 saturated heterocycles. The van der Waals surface area contributed by atoms with Crippen molar-refractivity contribution in [3.63, 3.8) is 0 Å². The van der Waals surface area contributed by atoms with Crippen LogP contribution in [0.4, 0.5) is 0 Å². The lowest BCUT2D eigenvalue weighted by atomic mass is 9.91. The van der Waals surface area contributed by atoms with E-state index in [0.717, 1.165) is 12.5 Å². The molecule has 1 aromatic rings. The highest BCUT2D eigenvalue weighted by atomic mass is 32.1. The normalized spacial score (nSPS) is 14.6. The van der Waals surface area contributed by atoms with Crippen LogP contribution in [0.1, 0.15) is 74.2 Å². The van der Waals surface area contributed by atoms with E-state index in [0.29, 0.717) is 6.04 Å². The molecule has 110 valence electrons. The Labute approximate surface area is 123 Å². The summed E-state index contributed by atoms with van der Waals surface area (Å²) < 4.78 is 0. The van der Waals surface area contributed by atoms with E-state index in [1.165, 1.54) is 47.4 Å². The van der Waals surface area contributed by atoms with Crippen molar-refractivity contribution >= 4 is 11.3 Å². The van der Waals surface area contributed by atoms with E-state index in [9.17, 15) is 0 Å². The maximum absolute atomic E-state index is 3.69. The van der Waals surface area contributed by atoms with E-state index in [-0.39, 0.29) is 0 Å². The molecule has 2 atom stereocenters. The number of unbranched alkanes of at least 4 members (excludes halogenated alkanes) is 1. The lowest BCUT2D eigenvalue weighted by Crippen LogP contribution is -2.22. The predicted octanol–water partition coefficient (Wildman–Crippen LogP) is 5.62. The molecule has 0 fully saturated rings. The van der Waals surface area contributed by atoms with E-state index < -0.39 is 0 Å². The van der Waals surface area contributed by atoms with Crippen LogP contribution in [-0.4, -0.2) is 6.54 Å². The number of hydrogen-bond donors (Lipinski definition) is 1. The summed E-state index contributed by atoms with van der Waals surface area (Å²) in [6.45, 7) is 12.4. The number of thiophene rings is 1. The Morgan fingerprint density at radius 2 is 1.95 bits per heavy atom. The van der Waals surface area contributed by atoms with Crippen LogP contribution in [0.3, 0.4) is 0 Å². The van der Waals surface area contributed by atoms with Crippen LogP contribution in [0.2, 0.25) is 0 Å². The van der Waals surface area contributed by atoms with Gasteiger partial charge in [0.05, 0.1) is 0 Å². The maximum atomic E-state index is 3.69. The van der Waals surface area contributed by atoms with Gasteiger partial charge in [0.25, 0.3) is 0 Å². The summed E-state index contributed by atoms with van der Waals surface area (Å²) in [5, 5.41) is 3.69. The molecular weight excluding hydrogens is 250 g/mol. The molecule has 0 aliphatic carbocycles. The van der Waals surface area contributed by atoms with Crippen molar-refractivity contribution in [1.82, 2.24) is 5.32 Å². The van der Waals surface area contributed by atoms with Gasteiger partial charge in [-0.1, -0.05) is 46.5 Å². The van der Waals surface area contributed by atoms with Crippen LogP contribution in [0, 0.1) is 19.8 Å². The first kappa shape index (κ1) is 16.7. The third kappa shape index (κ3) is 5.27. The van der Waals surface area contributed by atoms with E-state index in [1.54, 1.807) is 0 Å². The van der Waals surface area contributed by atoms with Gasteiger partial charge in [0.2, 0.25) is 0 Å². The molecule has 2 unspecified atom stereocenters. The highest BCUT2D eigenvalue weighted by Crippen LogP contribution is 2.32. The SMILES string of the molecule is CCCCC(CC)CC(NCC)c1cc(C)c(C)s1. The zero-order chi connectivity index (χ0) is 14.3. The molecule has 0 bridgehead atoms. The fraction of sp³-hybridized carbons (Fsp3) is 0.765. The van der Waals surface area contributed by atoms with Crippen molar-refractivity contribution in [2.24, 2.45) is 5.92 Å². The topological polar surface area (TPSA) is 12.0 Å². The zero-order valence-corrected chi connectivity index (χ0v) is 14.2. The molecule has 2 heteroatoms. The van der Waals surface area contributed by atoms with Gasteiger partial charge in [-0.25, -0.2) is 0 Å². The molecule has 1 aromatic heterocycles. The fourth-order valence-electron chi connectivity index (χ4n) is 2.63. The Morgan fingerprint density at radius 3 is 2.42 bits per heavy atom. The van der Waals surface area contributed by atoms with Crippen LogP contribution < -0.4 is 5.32 Å². The third-order valence-electron chi connectivity index (χ3n) is 4.09. The maximum Gasteiger partial charge on any atom is 0.0417 e. The van der Waals surface area contributed by atoms with Gasteiger partial charge < -0.3 is 5.32 Å². The molecule has 0 saturated carbocycles.